The van der Waals surface area contributed by atoms with Gasteiger partial charge in [-0.1, -0.05) is 23.2 Å². The molecule has 134 valence electrons. The van der Waals surface area contributed by atoms with E-state index in [2.05, 4.69) is 15.3 Å². The van der Waals surface area contributed by atoms with Crippen LogP contribution in [0.3, 0.4) is 0 Å². The third-order valence-electron chi connectivity index (χ3n) is 4.16. The van der Waals surface area contributed by atoms with Crippen molar-refractivity contribution < 1.29 is 4.79 Å². The van der Waals surface area contributed by atoms with Gasteiger partial charge in [0.05, 0.1) is 24.5 Å². The zero-order valence-electron chi connectivity index (χ0n) is 14.3. The second-order valence-electron chi connectivity index (χ2n) is 6.35. The van der Waals surface area contributed by atoms with Crippen molar-refractivity contribution in [2.75, 3.05) is 20.6 Å². The van der Waals surface area contributed by atoms with Gasteiger partial charge in [0.2, 0.25) is 0 Å². The third-order valence-corrected chi connectivity index (χ3v) is 4.76. The lowest BCUT2D eigenvalue weighted by Crippen LogP contribution is -2.34. The van der Waals surface area contributed by atoms with Crippen molar-refractivity contribution in [2.24, 2.45) is 0 Å². The van der Waals surface area contributed by atoms with Crippen LogP contribution < -0.4 is 5.32 Å². The smallest absolute Gasteiger partial charge is 0.317 e. The molecule has 1 aromatic carbocycles. The summed E-state index contributed by atoms with van der Waals surface area (Å²) in [5, 5.41) is 8.83. The van der Waals surface area contributed by atoms with E-state index >= 15 is 0 Å². The Bertz CT molecular complexity index is 774. The summed E-state index contributed by atoms with van der Waals surface area (Å²) >= 11 is 12.3. The number of rotatable bonds is 4. The molecule has 25 heavy (non-hydrogen) atoms. The summed E-state index contributed by atoms with van der Waals surface area (Å²) < 4.78 is 2.01. The van der Waals surface area contributed by atoms with Crippen LogP contribution in [0.1, 0.15) is 17.0 Å². The average molecular weight is 382 g/mol. The molecule has 8 heteroatoms. The van der Waals surface area contributed by atoms with Gasteiger partial charge in [-0.15, -0.1) is 0 Å². The van der Waals surface area contributed by atoms with Gasteiger partial charge in [-0.3, -0.25) is 9.58 Å². The molecule has 0 saturated carbocycles. The molecule has 2 aromatic rings. The molecule has 2 amide bonds. The second kappa shape index (κ2) is 7.64. The number of carbonyl (C=O) groups is 1. The highest BCUT2D eigenvalue weighted by atomic mass is 35.5. The van der Waals surface area contributed by atoms with Crippen LogP contribution in [0.5, 0.6) is 0 Å². The van der Waals surface area contributed by atoms with E-state index < -0.39 is 0 Å². The van der Waals surface area contributed by atoms with Crippen molar-refractivity contribution in [3.8, 4) is 0 Å². The predicted molar refractivity (Wildman–Crippen MR) is 98.7 cm³/mol. The monoisotopic (exact) mass is 381 g/mol. The standard InChI is InChI=1S/C17H21Cl2N5O/c1-22(2)17(25)20-9-14-8-15-11-23(5-6-24(15)21-14)10-12-7-13(18)3-4-16(12)19/h3-4,7-8H,5-6,9-11H2,1-2H3,(H,20,25). The number of amides is 2. The summed E-state index contributed by atoms with van der Waals surface area (Å²) in [6.07, 6.45) is 0. The van der Waals surface area contributed by atoms with Gasteiger partial charge in [-0.2, -0.15) is 5.10 Å². The number of urea groups is 1. The van der Waals surface area contributed by atoms with E-state index in [9.17, 15) is 4.79 Å². The van der Waals surface area contributed by atoms with E-state index in [4.69, 9.17) is 23.2 Å². The number of nitrogens with zero attached hydrogens (tertiary/aromatic N) is 4. The molecule has 0 bridgehead atoms. The van der Waals surface area contributed by atoms with Crippen LogP contribution in [0.4, 0.5) is 4.79 Å². The van der Waals surface area contributed by atoms with E-state index in [0.717, 1.165) is 48.2 Å². The topological polar surface area (TPSA) is 53.4 Å². The van der Waals surface area contributed by atoms with Crippen molar-refractivity contribution in [2.45, 2.75) is 26.2 Å². The fourth-order valence-electron chi connectivity index (χ4n) is 2.83. The molecule has 0 aliphatic carbocycles. The molecule has 0 unspecified atom stereocenters. The number of halogens is 2. The third kappa shape index (κ3) is 4.45. The number of fused-ring (bicyclic) bond motifs is 1. The van der Waals surface area contributed by atoms with Crippen molar-refractivity contribution in [1.29, 1.82) is 0 Å². The molecule has 6 nitrogen and oxygen atoms in total. The highest BCUT2D eigenvalue weighted by Gasteiger charge is 2.19. The molecule has 0 radical (unpaired) electrons. The molecular weight excluding hydrogens is 361 g/mol. The van der Waals surface area contributed by atoms with Gasteiger partial charge in [0.25, 0.3) is 0 Å². The summed E-state index contributed by atoms with van der Waals surface area (Å²) in [6, 6.07) is 7.47. The summed E-state index contributed by atoms with van der Waals surface area (Å²) in [5.41, 5.74) is 3.03. The summed E-state index contributed by atoms with van der Waals surface area (Å²) in [6.45, 7) is 3.67. The number of hydrogen-bond donors (Lipinski definition) is 1. The molecule has 0 spiro atoms. The summed E-state index contributed by atoms with van der Waals surface area (Å²) in [4.78, 5) is 15.4. The number of nitrogens with one attached hydrogen (secondary N) is 1. The van der Waals surface area contributed by atoms with Gasteiger partial charge >= 0.3 is 6.03 Å². The summed E-state index contributed by atoms with van der Waals surface area (Å²) in [7, 11) is 3.43. The lowest BCUT2D eigenvalue weighted by Gasteiger charge is -2.27. The van der Waals surface area contributed by atoms with E-state index in [0.29, 0.717) is 11.6 Å². The molecular formula is C17H21Cl2N5O. The molecule has 2 heterocycles. The lowest BCUT2D eigenvalue weighted by molar-refractivity contribution is 0.205. The minimum Gasteiger partial charge on any atom is -0.332 e. The molecule has 1 aliphatic heterocycles. The number of aromatic nitrogens is 2. The van der Waals surface area contributed by atoms with Crippen molar-refractivity contribution in [3.63, 3.8) is 0 Å². The fraction of sp³-hybridized carbons (Fsp3) is 0.412. The predicted octanol–water partition coefficient (Wildman–Crippen LogP) is 2.98. The van der Waals surface area contributed by atoms with Crippen LogP contribution in [-0.4, -0.2) is 46.3 Å². The number of hydrogen-bond acceptors (Lipinski definition) is 3. The Balaban J connectivity index is 1.63. The molecule has 0 atom stereocenters. The Morgan fingerprint density at radius 1 is 1.28 bits per heavy atom. The highest BCUT2D eigenvalue weighted by molar-refractivity contribution is 6.33. The Labute approximate surface area is 157 Å². The van der Waals surface area contributed by atoms with E-state index in [1.54, 1.807) is 20.2 Å². The average Bonchev–Trinajstić information content (AvgIpc) is 2.98. The number of benzene rings is 1. The minimum absolute atomic E-state index is 0.122. The quantitative estimate of drug-likeness (QED) is 0.885. The second-order valence-corrected chi connectivity index (χ2v) is 7.19. The first-order valence-corrected chi connectivity index (χ1v) is 8.85. The Morgan fingerprint density at radius 2 is 2.08 bits per heavy atom. The van der Waals surface area contributed by atoms with Crippen LogP contribution in [-0.2, 0) is 26.2 Å². The van der Waals surface area contributed by atoms with Gasteiger partial charge in [-0.05, 0) is 29.8 Å². The van der Waals surface area contributed by atoms with Crippen LogP contribution in [0.15, 0.2) is 24.3 Å². The first kappa shape index (κ1) is 18.0. The van der Waals surface area contributed by atoms with Crippen molar-refractivity contribution in [3.05, 3.63) is 51.3 Å². The molecule has 1 aliphatic rings. The van der Waals surface area contributed by atoms with Gasteiger partial charge in [-0.25, -0.2) is 4.79 Å². The zero-order chi connectivity index (χ0) is 18.0. The molecule has 0 fully saturated rings. The SMILES string of the molecule is CN(C)C(=O)NCc1cc2n(n1)CCN(Cc1cc(Cl)ccc1Cl)C2. The maximum absolute atomic E-state index is 11.6. The van der Waals surface area contributed by atoms with Gasteiger partial charge in [0, 0.05) is 43.8 Å². The first-order chi connectivity index (χ1) is 11.9. The van der Waals surface area contributed by atoms with E-state index in [1.807, 2.05) is 22.9 Å². The lowest BCUT2D eigenvalue weighted by atomic mass is 10.2. The van der Waals surface area contributed by atoms with E-state index in [1.165, 1.54) is 4.90 Å². The Kier molecular flexibility index (Phi) is 5.51. The first-order valence-electron chi connectivity index (χ1n) is 8.09. The molecule has 3 rings (SSSR count). The Morgan fingerprint density at radius 3 is 2.84 bits per heavy atom. The largest absolute Gasteiger partial charge is 0.332 e. The highest BCUT2D eigenvalue weighted by Crippen LogP contribution is 2.24. The molecule has 0 saturated heterocycles. The normalized spacial score (nSPS) is 14.2. The van der Waals surface area contributed by atoms with Gasteiger partial charge < -0.3 is 10.2 Å². The maximum atomic E-state index is 11.6. The summed E-state index contributed by atoms with van der Waals surface area (Å²) in [5.74, 6) is 0. The molecule has 1 N–H and O–H groups in total. The maximum Gasteiger partial charge on any atom is 0.317 e. The van der Waals surface area contributed by atoms with Crippen LogP contribution in [0, 0.1) is 0 Å². The van der Waals surface area contributed by atoms with Gasteiger partial charge in [0.1, 0.15) is 0 Å². The fourth-order valence-corrected chi connectivity index (χ4v) is 3.20. The number of carbonyl (C=O) groups excluding carboxylic acids is 1. The zero-order valence-corrected chi connectivity index (χ0v) is 15.8. The van der Waals surface area contributed by atoms with E-state index in [-0.39, 0.29) is 6.03 Å². The van der Waals surface area contributed by atoms with Crippen LogP contribution >= 0.6 is 23.2 Å². The van der Waals surface area contributed by atoms with Crippen molar-refractivity contribution in [1.82, 2.24) is 24.9 Å². The Hall–Kier alpha value is -1.76. The molecule has 1 aromatic heterocycles. The van der Waals surface area contributed by atoms with Crippen LogP contribution in [0.25, 0.3) is 0 Å². The van der Waals surface area contributed by atoms with Gasteiger partial charge in [0.15, 0.2) is 0 Å². The van der Waals surface area contributed by atoms with Crippen molar-refractivity contribution >= 4 is 29.2 Å². The van der Waals surface area contributed by atoms with Crippen LogP contribution in [0.2, 0.25) is 10.0 Å². The minimum atomic E-state index is -0.122.